The van der Waals surface area contributed by atoms with Crippen molar-refractivity contribution in [1.29, 1.82) is 0 Å². The number of amides is 1. The summed E-state index contributed by atoms with van der Waals surface area (Å²) in [6, 6.07) is 4.68. The summed E-state index contributed by atoms with van der Waals surface area (Å²) in [4.78, 5) is 11.8. The summed E-state index contributed by atoms with van der Waals surface area (Å²) in [7, 11) is 0. The van der Waals surface area contributed by atoms with Gasteiger partial charge in [-0.25, -0.2) is 4.39 Å². The van der Waals surface area contributed by atoms with Crippen LogP contribution < -0.4 is 5.32 Å². The quantitative estimate of drug-likeness (QED) is 0.931. The Morgan fingerprint density at radius 3 is 3.12 bits per heavy atom. The molecule has 1 aliphatic rings. The Hall–Kier alpha value is -0.940. The normalized spacial score (nSPS) is 19.3. The van der Waals surface area contributed by atoms with E-state index in [1.165, 1.54) is 6.07 Å². The smallest absolute Gasteiger partial charge is 0.254 e. The van der Waals surface area contributed by atoms with Gasteiger partial charge in [0.05, 0.1) is 16.6 Å². The lowest BCUT2D eigenvalue weighted by Crippen LogP contribution is -2.30. The Kier molecular flexibility index (Phi) is 4.12. The zero-order chi connectivity index (χ0) is 12.3. The maximum absolute atomic E-state index is 13.6. The van der Waals surface area contributed by atoms with Gasteiger partial charge in [0.2, 0.25) is 0 Å². The standard InChI is InChI=1S/C12H13BrFNO2/c13-10-3-1-2-9(11(10)14)12(16)15-6-8-4-5-17-7-8/h1-3,8H,4-7H2,(H,15,16). The highest BCUT2D eigenvalue weighted by Crippen LogP contribution is 2.18. The Labute approximate surface area is 107 Å². The van der Waals surface area contributed by atoms with Crippen LogP contribution in [0.5, 0.6) is 0 Å². The van der Waals surface area contributed by atoms with Crippen LogP contribution >= 0.6 is 15.9 Å². The molecule has 92 valence electrons. The predicted molar refractivity (Wildman–Crippen MR) is 65.4 cm³/mol. The lowest BCUT2D eigenvalue weighted by atomic mass is 10.1. The second-order valence-electron chi connectivity index (χ2n) is 4.04. The first-order valence-electron chi connectivity index (χ1n) is 5.48. The van der Waals surface area contributed by atoms with Crippen LogP contribution in [0.4, 0.5) is 4.39 Å². The number of nitrogens with one attached hydrogen (secondary N) is 1. The van der Waals surface area contributed by atoms with Crippen LogP contribution in [-0.2, 0) is 4.74 Å². The van der Waals surface area contributed by atoms with Crippen molar-refractivity contribution < 1.29 is 13.9 Å². The number of carbonyl (C=O) groups excluding carboxylic acids is 1. The predicted octanol–water partition coefficient (Wildman–Crippen LogP) is 2.35. The van der Waals surface area contributed by atoms with Crippen molar-refractivity contribution in [2.24, 2.45) is 5.92 Å². The van der Waals surface area contributed by atoms with E-state index in [4.69, 9.17) is 4.74 Å². The minimum Gasteiger partial charge on any atom is -0.381 e. The number of carbonyl (C=O) groups is 1. The lowest BCUT2D eigenvalue weighted by molar-refractivity contribution is 0.0941. The molecule has 0 saturated carbocycles. The summed E-state index contributed by atoms with van der Waals surface area (Å²) in [5.74, 6) is -0.558. The fourth-order valence-corrected chi connectivity index (χ4v) is 2.12. The molecule has 1 aliphatic heterocycles. The molecule has 1 aromatic rings. The highest BCUT2D eigenvalue weighted by atomic mass is 79.9. The van der Waals surface area contributed by atoms with Crippen molar-refractivity contribution in [3.05, 3.63) is 34.1 Å². The minimum atomic E-state index is -0.521. The van der Waals surface area contributed by atoms with Gasteiger partial charge in [-0.15, -0.1) is 0 Å². The molecule has 5 heteroatoms. The summed E-state index contributed by atoms with van der Waals surface area (Å²) in [5.41, 5.74) is 0.0679. The number of ether oxygens (including phenoxy) is 1. The van der Waals surface area contributed by atoms with Crippen LogP contribution in [0.25, 0.3) is 0 Å². The third-order valence-electron chi connectivity index (χ3n) is 2.77. The van der Waals surface area contributed by atoms with Crippen molar-refractivity contribution in [3.63, 3.8) is 0 Å². The van der Waals surface area contributed by atoms with E-state index in [0.29, 0.717) is 23.5 Å². The minimum absolute atomic E-state index is 0.0679. The monoisotopic (exact) mass is 301 g/mol. The van der Waals surface area contributed by atoms with Gasteiger partial charge in [-0.1, -0.05) is 6.07 Å². The van der Waals surface area contributed by atoms with Gasteiger partial charge in [-0.3, -0.25) is 4.79 Å². The molecule has 1 saturated heterocycles. The third kappa shape index (κ3) is 3.04. The molecular weight excluding hydrogens is 289 g/mol. The second-order valence-corrected chi connectivity index (χ2v) is 4.90. The highest BCUT2D eigenvalue weighted by molar-refractivity contribution is 9.10. The van der Waals surface area contributed by atoms with E-state index in [-0.39, 0.29) is 11.5 Å². The van der Waals surface area contributed by atoms with Crippen LogP contribution in [0, 0.1) is 11.7 Å². The van der Waals surface area contributed by atoms with Gasteiger partial charge in [-0.2, -0.15) is 0 Å². The van der Waals surface area contributed by atoms with Gasteiger partial charge < -0.3 is 10.1 Å². The molecule has 1 unspecified atom stereocenters. The van der Waals surface area contributed by atoms with Crippen molar-refractivity contribution in [2.45, 2.75) is 6.42 Å². The van der Waals surface area contributed by atoms with Crippen molar-refractivity contribution in [3.8, 4) is 0 Å². The Morgan fingerprint density at radius 2 is 2.41 bits per heavy atom. The Bertz CT molecular complexity index is 419. The largest absolute Gasteiger partial charge is 0.381 e. The first kappa shape index (κ1) is 12.5. The van der Waals surface area contributed by atoms with Crippen LogP contribution in [-0.4, -0.2) is 25.7 Å². The average molecular weight is 302 g/mol. The van der Waals surface area contributed by atoms with Crippen molar-refractivity contribution >= 4 is 21.8 Å². The molecule has 0 radical (unpaired) electrons. The first-order valence-corrected chi connectivity index (χ1v) is 6.27. The third-order valence-corrected chi connectivity index (χ3v) is 3.38. The average Bonchev–Trinajstić information content (AvgIpc) is 2.82. The molecule has 17 heavy (non-hydrogen) atoms. The zero-order valence-electron chi connectivity index (χ0n) is 9.21. The maximum atomic E-state index is 13.6. The first-order chi connectivity index (χ1) is 8.18. The van der Waals surface area contributed by atoms with Gasteiger partial charge in [-0.05, 0) is 34.5 Å². The van der Waals surface area contributed by atoms with Crippen LogP contribution in [0.2, 0.25) is 0 Å². The van der Waals surface area contributed by atoms with Gasteiger partial charge >= 0.3 is 0 Å². The van der Waals surface area contributed by atoms with E-state index in [1.54, 1.807) is 12.1 Å². The molecule has 1 aromatic carbocycles. The van der Waals surface area contributed by atoms with Gasteiger partial charge in [0.25, 0.3) is 5.91 Å². The fourth-order valence-electron chi connectivity index (χ4n) is 1.76. The summed E-state index contributed by atoms with van der Waals surface area (Å²) in [5, 5.41) is 2.73. The molecule has 1 N–H and O–H groups in total. The van der Waals surface area contributed by atoms with Crippen molar-refractivity contribution in [2.75, 3.05) is 19.8 Å². The molecule has 2 rings (SSSR count). The van der Waals surface area contributed by atoms with E-state index in [2.05, 4.69) is 21.2 Å². The van der Waals surface area contributed by atoms with E-state index in [9.17, 15) is 9.18 Å². The van der Waals surface area contributed by atoms with Crippen molar-refractivity contribution in [1.82, 2.24) is 5.32 Å². The van der Waals surface area contributed by atoms with Gasteiger partial charge in [0, 0.05) is 19.1 Å². The molecule has 1 amide bonds. The lowest BCUT2D eigenvalue weighted by Gasteiger charge is -2.10. The van der Waals surface area contributed by atoms with E-state index < -0.39 is 5.82 Å². The number of benzene rings is 1. The SMILES string of the molecule is O=C(NCC1CCOC1)c1cccc(Br)c1F. The summed E-state index contributed by atoms with van der Waals surface area (Å²) in [6.45, 7) is 1.94. The molecule has 3 nitrogen and oxygen atoms in total. The maximum Gasteiger partial charge on any atom is 0.254 e. The number of hydrogen-bond donors (Lipinski definition) is 1. The second kappa shape index (κ2) is 5.60. The highest BCUT2D eigenvalue weighted by Gasteiger charge is 2.18. The molecule has 0 bridgehead atoms. The van der Waals surface area contributed by atoms with Crippen LogP contribution in [0.1, 0.15) is 16.8 Å². The molecule has 0 aromatic heterocycles. The summed E-state index contributed by atoms with van der Waals surface area (Å²) in [6.07, 6.45) is 0.946. The van der Waals surface area contributed by atoms with Crippen LogP contribution in [0.3, 0.4) is 0 Å². The molecule has 1 heterocycles. The molecule has 0 spiro atoms. The summed E-state index contributed by atoms with van der Waals surface area (Å²) >= 11 is 3.06. The molecule has 1 atom stereocenters. The summed E-state index contributed by atoms with van der Waals surface area (Å²) < 4.78 is 19.1. The van der Waals surface area contributed by atoms with Crippen LogP contribution in [0.15, 0.2) is 22.7 Å². The zero-order valence-corrected chi connectivity index (χ0v) is 10.8. The molecule has 0 aliphatic carbocycles. The Morgan fingerprint density at radius 1 is 1.59 bits per heavy atom. The topological polar surface area (TPSA) is 38.3 Å². The molecule has 1 fully saturated rings. The number of hydrogen-bond acceptors (Lipinski definition) is 2. The molecular formula is C12H13BrFNO2. The number of halogens is 2. The number of rotatable bonds is 3. The van der Waals surface area contributed by atoms with E-state index in [1.807, 2.05) is 0 Å². The van der Waals surface area contributed by atoms with Gasteiger partial charge in [0.15, 0.2) is 0 Å². The Balaban J connectivity index is 1.97. The van der Waals surface area contributed by atoms with Gasteiger partial charge in [0.1, 0.15) is 5.82 Å². The fraction of sp³-hybridized carbons (Fsp3) is 0.417. The van der Waals surface area contributed by atoms with E-state index >= 15 is 0 Å². The van der Waals surface area contributed by atoms with E-state index in [0.717, 1.165) is 13.0 Å².